The van der Waals surface area contributed by atoms with E-state index in [0.717, 1.165) is 43.4 Å². The van der Waals surface area contributed by atoms with Crippen LogP contribution in [0.15, 0.2) is 18.2 Å². The van der Waals surface area contributed by atoms with Crippen LogP contribution in [-0.2, 0) is 4.79 Å². The van der Waals surface area contributed by atoms with E-state index in [1.54, 1.807) is 7.11 Å². The highest BCUT2D eigenvalue weighted by Gasteiger charge is 2.26. The van der Waals surface area contributed by atoms with Crippen molar-refractivity contribution in [2.24, 2.45) is 5.92 Å². The molecule has 1 saturated carbocycles. The zero-order valence-electron chi connectivity index (χ0n) is 14.3. The normalized spacial score (nSPS) is 19.0. The van der Waals surface area contributed by atoms with Crippen LogP contribution in [0.3, 0.4) is 0 Å². The molecule has 8 heteroatoms. The zero-order chi connectivity index (χ0) is 16.2. The average molecular weight is 411 g/mol. The summed E-state index contributed by atoms with van der Waals surface area (Å²) in [6, 6.07) is 5.80. The standard InChI is InChI=1S/C17H24ClN3O2.2ClH/c1-23-16-5-4-13(18)8-15(16)21-7-6-14(11-21)20-17(22)10-19-9-12-2-3-12;;/h4-5,8,12,14,19H,2-3,6-7,9-11H2,1H3,(H,20,22);2*1H. The summed E-state index contributed by atoms with van der Waals surface area (Å²) in [6.07, 6.45) is 3.53. The van der Waals surface area contributed by atoms with Gasteiger partial charge in [0.25, 0.3) is 0 Å². The number of amides is 1. The number of ether oxygens (including phenoxy) is 1. The topological polar surface area (TPSA) is 53.6 Å². The van der Waals surface area contributed by atoms with E-state index in [2.05, 4.69) is 15.5 Å². The Bertz CT molecular complexity index is 570. The molecule has 2 fully saturated rings. The van der Waals surface area contributed by atoms with Crippen LogP contribution < -0.4 is 20.3 Å². The largest absolute Gasteiger partial charge is 0.495 e. The molecule has 0 radical (unpaired) electrons. The predicted octanol–water partition coefficient (Wildman–Crippen LogP) is 2.89. The van der Waals surface area contributed by atoms with E-state index in [1.807, 2.05) is 18.2 Å². The van der Waals surface area contributed by atoms with E-state index < -0.39 is 0 Å². The van der Waals surface area contributed by atoms with Crippen LogP contribution in [-0.4, -0.2) is 45.2 Å². The summed E-state index contributed by atoms with van der Waals surface area (Å²) in [7, 11) is 1.66. The van der Waals surface area contributed by atoms with Gasteiger partial charge >= 0.3 is 0 Å². The Kier molecular flexibility index (Phi) is 9.14. The molecule has 1 unspecified atom stereocenters. The SMILES string of the molecule is COc1ccc(Cl)cc1N1CCC(NC(=O)CNCC2CC2)C1.Cl.Cl. The molecule has 5 nitrogen and oxygen atoms in total. The van der Waals surface area contributed by atoms with Crippen LogP contribution in [0.4, 0.5) is 5.69 Å². The summed E-state index contributed by atoms with van der Waals surface area (Å²) in [4.78, 5) is 14.2. The van der Waals surface area contributed by atoms with Crippen molar-refractivity contribution in [2.45, 2.75) is 25.3 Å². The number of carbonyl (C=O) groups excluding carboxylic acids is 1. The first-order valence-corrected chi connectivity index (χ1v) is 8.62. The lowest BCUT2D eigenvalue weighted by Crippen LogP contribution is -2.42. The third-order valence-electron chi connectivity index (χ3n) is 4.45. The zero-order valence-corrected chi connectivity index (χ0v) is 16.7. The number of anilines is 1. The van der Waals surface area contributed by atoms with Crippen LogP contribution in [0.25, 0.3) is 0 Å². The third kappa shape index (κ3) is 6.41. The Morgan fingerprint density at radius 1 is 1.32 bits per heavy atom. The number of hydrogen-bond donors (Lipinski definition) is 2. The van der Waals surface area contributed by atoms with Gasteiger partial charge in [-0.05, 0) is 49.9 Å². The van der Waals surface area contributed by atoms with Gasteiger partial charge in [0.2, 0.25) is 5.91 Å². The number of nitrogens with zero attached hydrogens (tertiary/aromatic N) is 1. The molecule has 2 aliphatic rings. The van der Waals surface area contributed by atoms with E-state index in [4.69, 9.17) is 16.3 Å². The van der Waals surface area contributed by atoms with E-state index in [9.17, 15) is 4.79 Å². The van der Waals surface area contributed by atoms with Crippen molar-refractivity contribution in [2.75, 3.05) is 38.2 Å². The number of carbonyl (C=O) groups is 1. The molecular weight excluding hydrogens is 385 g/mol. The molecule has 1 amide bonds. The Hall–Kier alpha value is -0.880. The maximum Gasteiger partial charge on any atom is 0.234 e. The number of methoxy groups -OCH3 is 1. The van der Waals surface area contributed by atoms with Gasteiger partial charge in [-0.3, -0.25) is 4.79 Å². The van der Waals surface area contributed by atoms with Gasteiger partial charge in [-0.1, -0.05) is 11.6 Å². The molecule has 0 spiro atoms. The molecule has 142 valence electrons. The van der Waals surface area contributed by atoms with E-state index in [1.165, 1.54) is 12.8 Å². The molecular formula is C17H26Cl3N3O2. The minimum Gasteiger partial charge on any atom is -0.495 e. The van der Waals surface area contributed by atoms with Crippen molar-refractivity contribution in [1.82, 2.24) is 10.6 Å². The monoisotopic (exact) mass is 409 g/mol. The highest BCUT2D eigenvalue weighted by molar-refractivity contribution is 6.30. The van der Waals surface area contributed by atoms with E-state index in [-0.39, 0.29) is 36.8 Å². The third-order valence-corrected chi connectivity index (χ3v) is 4.69. The van der Waals surface area contributed by atoms with Gasteiger partial charge in [0.05, 0.1) is 19.3 Å². The van der Waals surface area contributed by atoms with Crippen molar-refractivity contribution >= 4 is 48.0 Å². The van der Waals surface area contributed by atoms with Crippen molar-refractivity contribution in [3.8, 4) is 5.75 Å². The molecule has 3 rings (SSSR count). The van der Waals surface area contributed by atoms with Crippen LogP contribution in [0.5, 0.6) is 5.75 Å². The van der Waals surface area contributed by atoms with Gasteiger partial charge in [0.15, 0.2) is 0 Å². The fraction of sp³-hybridized carbons (Fsp3) is 0.588. The molecule has 1 aromatic rings. The predicted molar refractivity (Wildman–Crippen MR) is 107 cm³/mol. The van der Waals surface area contributed by atoms with Crippen molar-refractivity contribution in [3.05, 3.63) is 23.2 Å². The number of hydrogen-bond acceptors (Lipinski definition) is 4. The summed E-state index contributed by atoms with van der Waals surface area (Å²) >= 11 is 6.10. The van der Waals surface area contributed by atoms with Gasteiger partial charge < -0.3 is 20.3 Å². The van der Waals surface area contributed by atoms with Crippen LogP contribution in [0.1, 0.15) is 19.3 Å². The average Bonchev–Trinajstić information content (AvgIpc) is 3.24. The Morgan fingerprint density at radius 2 is 2.08 bits per heavy atom. The summed E-state index contributed by atoms with van der Waals surface area (Å²) in [5.74, 6) is 1.68. The molecule has 1 aliphatic heterocycles. The summed E-state index contributed by atoms with van der Waals surface area (Å²) < 4.78 is 5.41. The smallest absolute Gasteiger partial charge is 0.234 e. The lowest BCUT2D eigenvalue weighted by molar-refractivity contribution is -0.120. The quantitative estimate of drug-likeness (QED) is 0.726. The van der Waals surface area contributed by atoms with E-state index >= 15 is 0 Å². The Balaban J connectivity index is 0.00000156. The lowest BCUT2D eigenvalue weighted by Gasteiger charge is -2.21. The minimum absolute atomic E-state index is 0. The van der Waals surface area contributed by atoms with Crippen LogP contribution >= 0.6 is 36.4 Å². The second-order valence-electron chi connectivity index (χ2n) is 6.39. The molecule has 1 atom stereocenters. The van der Waals surface area contributed by atoms with Crippen molar-refractivity contribution in [3.63, 3.8) is 0 Å². The second kappa shape index (κ2) is 10.3. The molecule has 2 N–H and O–H groups in total. The summed E-state index contributed by atoms with van der Waals surface area (Å²) in [5, 5.41) is 7.03. The molecule has 1 aliphatic carbocycles. The van der Waals surface area contributed by atoms with Gasteiger partial charge in [-0.2, -0.15) is 0 Å². The number of rotatable bonds is 7. The number of nitrogens with one attached hydrogen (secondary N) is 2. The Morgan fingerprint density at radius 3 is 2.76 bits per heavy atom. The maximum absolute atomic E-state index is 12.0. The second-order valence-corrected chi connectivity index (χ2v) is 6.83. The minimum atomic E-state index is 0. The number of halogens is 3. The first-order valence-electron chi connectivity index (χ1n) is 8.24. The fourth-order valence-electron chi connectivity index (χ4n) is 3.00. The van der Waals surface area contributed by atoms with Gasteiger partial charge in [-0.15, -0.1) is 24.8 Å². The highest BCUT2D eigenvalue weighted by atomic mass is 35.5. The number of benzene rings is 1. The van der Waals surface area contributed by atoms with Gasteiger partial charge in [0.1, 0.15) is 5.75 Å². The first kappa shape index (κ1) is 22.2. The van der Waals surface area contributed by atoms with Crippen molar-refractivity contribution < 1.29 is 9.53 Å². The summed E-state index contributed by atoms with van der Waals surface area (Å²) in [5.41, 5.74) is 0.989. The lowest BCUT2D eigenvalue weighted by atomic mass is 10.2. The highest BCUT2D eigenvalue weighted by Crippen LogP contribution is 2.33. The molecule has 1 saturated heterocycles. The van der Waals surface area contributed by atoms with Crippen molar-refractivity contribution in [1.29, 1.82) is 0 Å². The first-order chi connectivity index (χ1) is 11.2. The van der Waals surface area contributed by atoms with E-state index in [0.29, 0.717) is 11.6 Å². The maximum atomic E-state index is 12.0. The molecule has 0 aromatic heterocycles. The van der Waals surface area contributed by atoms with Crippen LogP contribution in [0, 0.1) is 5.92 Å². The van der Waals surface area contributed by atoms with Crippen LogP contribution in [0.2, 0.25) is 5.02 Å². The molecule has 1 heterocycles. The van der Waals surface area contributed by atoms with Gasteiger partial charge in [-0.25, -0.2) is 0 Å². The molecule has 25 heavy (non-hydrogen) atoms. The Labute approximate surface area is 166 Å². The molecule has 0 bridgehead atoms. The fourth-order valence-corrected chi connectivity index (χ4v) is 3.16. The van der Waals surface area contributed by atoms with Gasteiger partial charge in [0, 0.05) is 24.2 Å². The summed E-state index contributed by atoms with van der Waals surface area (Å²) in [6.45, 7) is 3.04. The molecule has 1 aromatic carbocycles.